The molecule has 0 saturated heterocycles. The molecule has 5 N–H and O–H groups in total. The highest BCUT2D eigenvalue weighted by molar-refractivity contribution is 8.14. The SMILES string of the molecule is C=C(C)C(=O)NCCCNC(=O)CNC(=O)CNC(=O)CNC(=O)CSC(=O)c1ccccc1. The van der Waals surface area contributed by atoms with Gasteiger partial charge < -0.3 is 26.6 Å². The Labute approximate surface area is 201 Å². The second-order valence-corrected chi connectivity index (χ2v) is 7.96. The summed E-state index contributed by atoms with van der Waals surface area (Å²) in [6, 6.07) is 8.50. The second kappa shape index (κ2) is 16.0. The average molecular weight is 492 g/mol. The number of carbonyl (C=O) groups is 6. The smallest absolute Gasteiger partial charge is 0.246 e. The molecule has 0 aliphatic rings. The molecule has 1 aromatic rings. The van der Waals surface area contributed by atoms with Crippen molar-refractivity contribution in [2.45, 2.75) is 13.3 Å². The van der Waals surface area contributed by atoms with Gasteiger partial charge in [-0.2, -0.15) is 0 Å². The summed E-state index contributed by atoms with van der Waals surface area (Å²) in [6.07, 6.45) is 0.513. The van der Waals surface area contributed by atoms with Gasteiger partial charge in [-0.15, -0.1) is 0 Å². The summed E-state index contributed by atoms with van der Waals surface area (Å²) in [6.45, 7) is 4.81. The van der Waals surface area contributed by atoms with E-state index in [1.54, 1.807) is 37.3 Å². The molecule has 0 spiro atoms. The van der Waals surface area contributed by atoms with Crippen molar-refractivity contribution >= 4 is 46.4 Å². The van der Waals surface area contributed by atoms with Crippen LogP contribution in [0.3, 0.4) is 0 Å². The molecule has 11 nitrogen and oxygen atoms in total. The van der Waals surface area contributed by atoms with Crippen LogP contribution in [0.1, 0.15) is 23.7 Å². The Kier molecular flexibility index (Phi) is 13.4. The van der Waals surface area contributed by atoms with Gasteiger partial charge >= 0.3 is 0 Å². The van der Waals surface area contributed by atoms with Gasteiger partial charge in [0.25, 0.3) is 0 Å². The van der Waals surface area contributed by atoms with Crippen LogP contribution in [-0.4, -0.2) is 73.1 Å². The molecule has 0 atom stereocenters. The van der Waals surface area contributed by atoms with Gasteiger partial charge in [0.1, 0.15) is 0 Å². The number of benzene rings is 1. The number of amides is 5. The molecule has 0 unspecified atom stereocenters. The number of rotatable bonds is 14. The lowest BCUT2D eigenvalue weighted by molar-refractivity contribution is -0.128. The average Bonchev–Trinajstić information content (AvgIpc) is 2.83. The first-order valence-corrected chi connectivity index (χ1v) is 11.4. The minimum Gasteiger partial charge on any atom is -0.355 e. The summed E-state index contributed by atoms with van der Waals surface area (Å²) in [4.78, 5) is 70.1. The third-order valence-electron chi connectivity index (χ3n) is 4.03. The van der Waals surface area contributed by atoms with Crippen molar-refractivity contribution in [3.63, 3.8) is 0 Å². The van der Waals surface area contributed by atoms with Gasteiger partial charge in [0.15, 0.2) is 0 Å². The second-order valence-electron chi connectivity index (χ2n) is 7.01. The maximum Gasteiger partial charge on any atom is 0.246 e. The molecule has 0 radical (unpaired) electrons. The summed E-state index contributed by atoms with van der Waals surface area (Å²) >= 11 is 0.821. The minimum atomic E-state index is -0.593. The zero-order valence-corrected chi connectivity index (χ0v) is 19.7. The van der Waals surface area contributed by atoms with Gasteiger partial charge in [-0.05, 0) is 13.3 Å². The van der Waals surface area contributed by atoms with E-state index in [-0.39, 0.29) is 36.4 Å². The summed E-state index contributed by atoms with van der Waals surface area (Å²) in [5.41, 5.74) is 0.875. The van der Waals surface area contributed by atoms with E-state index in [1.165, 1.54) is 0 Å². The van der Waals surface area contributed by atoms with Gasteiger partial charge in [-0.25, -0.2) is 0 Å². The lowest BCUT2D eigenvalue weighted by atomic mass is 10.2. The van der Waals surface area contributed by atoms with Crippen molar-refractivity contribution in [3.8, 4) is 0 Å². The van der Waals surface area contributed by atoms with Crippen molar-refractivity contribution in [3.05, 3.63) is 48.0 Å². The quantitative estimate of drug-likeness (QED) is 0.166. The summed E-state index contributed by atoms with van der Waals surface area (Å²) in [5, 5.41) is 12.0. The molecule has 1 rings (SSSR count). The molecule has 34 heavy (non-hydrogen) atoms. The van der Waals surface area contributed by atoms with Crippen LogP contribution in [0.5, 0.6) is 0 Å². The van der Waals surface area contributed by atoms with Crippen LogP contribution < -0.4 is 26.6 Å². The Morgan fingerprint density at radius 1 is 0.735 bits per heavy atom. The molecule has 0 bridgehead atoms. The van der Waals surface area contributed by atoms with Gasteiger partial charge in [0.05, 0.1) is 25.4 Å². The van der Waals surface area contributed by atoms with Crippen LogP contribution in [0.2, 0.25) is 0 Å². The topological polar surface area (TPSA) is 163 Å². The van der Waals surface area contributed by atoms with E-state index in [4.69, 9.17) is 0 Å². The van der Waals surface area contributed by atoms with Crippen LogP contribution in [0.4, 0.5) is 0 Å². The number of carbonyl (C=O) groups excluding carboxylic acids is 6. The van der Waals surface area contributed by atoms with Crippen molar-refractivity contribution in [1.29, 1.82) is 0 Å². The number of hydrogen-bond acceptors (Lipinski definition) is 7. The lowest BCUT2D eigenvalue weighted by Crippen LogP contribution is -2.44. The maximum absolute atomic E-state index is 11.9. The summed E-state index contributed by atoms with van der Waals surface area (Å²) in [7, 11) is 0. The number of nitrogens with one attached hydrogen (secondary N) is 5. The molecule has 0 aliphatic heterocycles. The fourth-order valence-corrected chi connectivity index (χ4v) is 2.90. The van der Waals surface area contributed by atoms with E-state index in [0.717, 1.165) is 11.8 Å². The number of hydrogen-bond donors (Lipinski definition) is 5. The first-order chi connectivity index (χ1) is 16.2. The van der Waals surface area contributed by atoms with E-state index >= 15 is 0 Å². The first kappa shape index (κ1) is 28.4. The van der Waals surface area contributed by atoms with Crippen LogP contribution in [-0.2, 0) is 24.0 Å². The van der Waals surface area contributed by atoms with Crippen LogP contribution in [0, 0.1) is 0 Å². The van der Waals surface area contributed by atoms with E-state index in [9.17, 15) is 28.8 Å². The number of thioether (sulfide) groups is 1. The highest BCUT2D eigenvalue weighted by Gasteiger charge is 2.12. The molecule has 0 aliphatic carbocycles. The summed E-state index contributed by atoms with van der Waals surface area (Å²) in [5.74, 6) is -2.48. The van der Waals surface area contributed by atoms with Crippen LogP contribution in [0.25, 0.3) is 0 Å². The van der Waals surface area contributed by atoms with Crippen molar-refractivity contribution in [1.82, 2.24) is 26.6 Å². The van der Waals surface area contributed by atoms with E-state index in [1.807, 2.05) is 0 Å². The third-order valence-corrected chi connectivity index (χ3v) is 4.94. The monoisotopic (exact) mass is 491 g/mol. The zero-order valence-electron chi connectivity index (χ0n) is 18.9. The Balaban J connectivity index is 2.09. The standard InChI is InChI=1S/C22H29N5O6S/c1-15(2)21(32)24-10-6-9-23-17(28)11-25-18(29)12-26-19(30)13-27-20(31)14-34-22(33)16-7-4-3-5-8-16/h3-5,7-8H,1,6,9-14H2,2H3,(H,23,28)(H,24,32)(H,25,29)(H,26,30)(H,27,31). The fraction of sp³-hybridized carbons (Fsp3) is 0.364. The Morgan fingerprint density at radius 2 is 1.24 bits per heavy atom. The molecule has 0 saturated carbocycles. The largest absolute Gasteiger partial charge is 0.355 e. The molecule has 184 valence electrons. The molecular formula is C22H29N5O6S. The molecule has 12 heteroatoms. The van der Waals surface area contributed by atoms with E-state index in [2.05, 4.69) is 33.2 Å². The minimum absolute atomic E-state index is 0.142. The van der Waals surface area contributed by atoms with Crippen molar-refractivity contribution < 1.29 is 28.8 Å². The molecular weight excluding hydrogens is 462 g/mol. The predicted molar refractivity (Wildman–Crippen MR) is 128 cm³/mol. The van der Waals surface area contributed by atoms with Gasteiger partial charge in [0.2, 0.25) is 34.7 Å². The van der Waals surface area contributed by atoms with Crippen molar-refractivity contribution in [2.24, 2.45) is 0 Å². The Morgan fingerprint density at radius 3 is 1.79 bits per heavy atom. The normalized spacial score (nSPS) is 9.91. The summed E-state index contributed by atoms with van der Waals surface area (Å²) < 4.78 is 0. The molecule has 0 heterocycles. The fourth-order valence-electron chi connectivity index (χ4n) is 2.23. The predicted octanol–water partition coefficient (Wildman–Crippen LogP) is -0.893. The molecule has 0 aromatic heterocycles. The van der Waals surface area contributed by atoms with Gasteiger partial charge in [0, 0.05) is 24.2 Å². The molecule has 5 amide bonds. The van der Waals surface area contributed by atoms with E-state index < -0.39 is 23.6 Å². The third kappa shape index (κ3) is 13.0. The van der Waals surface area contributed by atoms with Gasteiger partial charge in [-0.3, -0.25) is 28.8 Å². The van der Waals surface area contributed by atoms with Crippen LogP contribution in [0.15, 0.2) is 42.5 Å². The Bertz CT molecular complexity index is 906. The van der Waals surface area contributed by atoms with E-state index in [0.29, 0.717) is 30.6 Å². The lowest BCUT2D eigenvalue weighted by Gasteiger charge is -2.09. The highest BCUT2D eigenvalue weighted by Crippen LogP contribution is 2.11. The maximum atomic E-state index is 11.9. The zero-order chi connectivity index (χ0) is 25.3. The van der Waals surface area contributed by atoms with Crippen molar-refractivity contribution in [2.75, 3.05) is 38.5 Å². The molecule has 1 aromatic carbocycles. The highest BCUT2D eigenvalue weighted by atomic mass is 32.2. The first-order valence-electron chi connectivity index (χ1n) is 10.4. The molecule has 0 fully saturated rings. The van der Waals surface area contributed by atoms with Gasteiger partial charge in [-0.1, -0.05) is 48.7 Å². The van der Waals surface area contributed by atoms with Crippen LogP contribution >= 0.6 is 11.8 Å². The Hall–Kier alpha value is -3.67.